The number of rotatable bonds is 2. The van der Waals surface area contributed by atoms with Crippen LogP contribution >= 0.6 is 19.1 Å². The van der Waals surface area contributed by atoms with Gasteiger partial charge in [0.25, 0.3) is 0 Å². The van der Waals surface area contributed by atoms with E-state index in [1.807, 2.05) is 0 Å². The van der Waals surface area contributed by atoms with Crippen molar-refractivity contribution in [3.63, 3.8) is 0 Å². The lowest BCUT2D eigenvalue weighted by molar-refractivity contribution is 0.371. The molecule has 4 nitrogen and oxygen atoms in total. The number of aromatic nitrogens is 1. The van der Waals surface area contributed by atoms with Crippen LogP contribution in [0, 0.1) is 0 Å². The van der Waals surface area contributed by atoms with Gasteiger partial charge in [0.1, 0.15) is 0 Å². The smallest absolute Gasteiger partial charge is 0.324 e. The summed E-state index contributed by atoms with van der Waals surface area (Å²) < 4.78 is 14.1. The first-order valence-electron chi connectivity index (χ1n) is 2.52. The van der Waals surface area contributed by atoms with Crippen LogP contribution in [0.3, 0.4) is 0 Å². The van der Waals surface area contributed by atoms with E-state index < -0.39 is 7.60 Å². The van der Waals surface area contributed by atoms with Crippen molar-refractivity contribution in [3.05, 3.63) is 17.1 Å². The van der Waals surface area contributed by atoms with Crippen molar-refractivity contribution in [2.75, 3.05) is 0 Å². The zero-order valence-electron chi connectivity index (χ0n) is 4.97. The van der Waals surface area contributed by atoms with E-state index in [1.165, 1.54) is 11.5 Å². The number of nitrogens with zero attached hydrogens (tertiary/aromatic N) is 1. The maximum absolute atomic E-state index is 10.4. The van der Waals surface area contributed by atoms with Crippen LogP contribution in [0.25, 0.3) is 0 Å². The number of hydrogen-bond donors (Lipinski definition) is 2. The topological polar surface area (TPSA) is 70.4 Å². The van der Waals surface area contributed by atoms with Gasteiger partial charge < -0.3 is 9.79 Å². The Morgan fingerprint density at radius 1 is 1.70 bits per heavy atom. The maximum atomic E-state index is 10.4. The molecule has 0 saturated carbocycles. The van der Waals surface area contributed by atoms with E-state index in [9.17, 15) is 4.57 Å². The molecule has 0 aliphatic rings. The molecular formula is C4H6NO3PS. The Morgan fingerprint density at radius 2 is 2.40 bits per heavy atom. The van der Waals surface area contributed by atoms with Gasteiger partial charge in [-0.3, -0.25) is 4.57 Å². The molecule has 0 bridgehead atoms. The molecule has 56 valence electrons. The molecule has 1 aromatic rings. The summed E-state index contributed by atoms with van der Waals surface area (Å²) in [4.78, 5) is 16.9. The molecule has 0 amide bonds. The molecule has 0 spiro atoms. The van der Waals surface area contributed by atoms with Crippen LogP contribution in [-0.4, -0.2) is 14.2 Å². The van der Waals surface area contributed by atoms with E-state index in [-0.39, 0.29) is 6.16 Å². The van der Waals surface area contributed by atoms with Gasteiger partial charge >= 0.3 is 7.60 Å². The lowest BCUT2D eigenvalue weighted by Gasteiger charge is -1.97. The molecule has 0 aliphatic heterocycles. The molecule has 0 aliphatic carbocycles. The molecule has 0 atom stereocenters. The van der Waals surface area contributed by atoms with E-state index in [2.05, 4.69) is 4.37 Å². The molecular weight excluding hydrogens is 173 g/mol. The lowest BCUT2D eigenvalue weighted by Crippen LogP contribution is -1.84. The van der Waals surface area contributed by atoms with Gasteiger partial charge in [0.2, 0.25) is 0 Å². The third-order valence-corrected chi connectivity index (χ3v) is 2.19. The van der Waals surface area contributed by atoms with Crippen molar-refractivity contribution in [2.24, 2.45) is 0 Å². The Bertz CT molecular complexity index is 241. The van der Waals surface area contributed by atoms with E-state index in [1.54, 1.807) is 11.4 Å². The predicted molar refractivity (Wildman–Crippen MR) is 37.9 cm³/mol. The van der Waals surface area contributed by atoms with Gasteiger partial charge in [0, 0.05) is 5.38 Å². The van der Waals surface area contributed by atoms with Crippen LogP contribution in [0.5, 0.6) is 0 Å². The molecule has 0 fully saturated rings. The van der Waals surface area contributed by atoms with Gasteiger partial charge in [-0.25, -0.2) is 0 Å². The SMILES string of the molecule is O=P(O)(O)Cc1ccsn1. The van der Waals surface area contributed by atoms with Gasteiger partial charge in [-0.15, -0.1) is 0 Å². The van der Waals surface area contributed by atoms with E-state index >= 15 is 0 Å². The van der Waals surface area contributed by atoms with Gasteiger partial charge in [0.05, 0.1) is 11.9 Å². The Hall–Kier alpha value is -0.220. The third kappa shape index (κ3) is 2.58. The highest BCUT2D eigenvalue weighted by molar-refractivity contribution is 7.50. The van der Waals surface area contributed by atoms with Gasteiger partial charge in [0.15, 0.2) is 0 Å². The highest BCUT2D eigenvalue weighted by Crippen LogP contribution is 2.38. The predicted octanol–water partition coefficient (Wildman–Crippen LogP) is 0.821. The van der Waals surface area contributed by atoms with Crippen LogP contribution in [0.1, 0.15) is 5.69 Å². The first kappa shape index (κ1) is 7.88. The minimum absolute atomic E-state index is 0.253. The molecule has 0 aromatic carbocycles. The normalized spacial score (nSPS) is 11.8. The maximum Gasteiger partial charge on any atom is 0.331 e. The molecule has 10 heavy (non-hydrogen) atoms. The average Bonchev–Trinajstić information content (AvgIpc) is 2.12. The molecule has 1 heterocycles. The fourth-order valence-corrected chi connectivity index (χ4v) is 1.76. The minimum atomic E-state index is -3.91. The van der Waals surface area contributed by atoms with Crippen LogP contribution in [0.4, 0.5) is 0 Å². The fourth-order valence-electron chi connectivity index (χ4n) is 0.530. The largest absolute Gasteiger partial charge is 0.331 e. The van der Waals surface area contributed by atoms with Gasteiger partial charge in [-0.05, 0) is 17.6 Å². The Labute approximate surface area is 61.8 Å². The summed E-state index contributed by atoms with van der Waals surface area (Å²) in [6, 6.07) is 1.60. The zero-order valence-corrected chi connectivity index (χ0v) is 6.68. The molecule has 0 unspecified atom stereocenters. The van der Waals surface area contributed by atoms with Crippen molar-refractivity contribution in [1.29, 1.82) is 0 Å². The first-order valence-corrected chi connectivity index (χ1v) is 5.15. The van der Waals surface area contributed by atoms with Gasteiger partial charge in [-0.1, -0.05) is 0 Å². The number of hydrogen-bond acceptors (Lipinski definition) is 3. The molecule has 1 rings (SSSR count). The molecule has 6 heteroatoms. The lowest BCUT2D eigenvalue weighted by atomic mass is 10.5. The Balaban J connectivity index is 2.66. The summed E-state index contributed by atoms with van der Waals surface area (Å²) in [7, 11) is -3.91. The summed E-state index contributed by atoms with van der Waals surface area (Å²) >= 11 is 1.19. The van der Waals surface area contributed by atoms with E-state index in [0.29, 0.717) is 5.69 Å². The second kappa shape index (κ2) is 2.80. The van der Waals surface area contributed by atoms with E-state index in [4.69, 9.17) is 9.79 Å². The van der Waals surface area contributed by atoms with Crippen LogP contribution in [0.2, 0.25) is 0 Å². The molecule has 1 aromatic heterocycles. The Morgan fingerprint density at radius 3 is 2.80 bits per heavy atom. The molecule has 2 N–H and O–H groups in total. The second-order valence-electron chi connectivity index (χ2n) is 1.81. The second-order valence-corrected chi connectivity index (χ2v) is 4.12. The zero-order chi connectivity index (χ0) is 7.61. The summed E-state index contributed by atoms with van der Waals surface area (Å²) in [5.74, 6) is 0. The highest BCUT2D eigenvalue weighted by atomic mass is 32.1. The standard InChI is InChI=1S/C4H6NO3PS/c6-9(7,8)3-4-1-2-10-5-4/h1-2H,3H2,(H2,6,7,8). The van der Waals surface area contributed by atoms with Crippen molar-refractivity contribution in [2.45, 2.75) is 6.16 Å². The minimum Gasteiger partial charge on any atom is -0.324 e. The third-order valence-electron chi connectivity index (χ3n) is 0.859. The van der Waals surface area contributed by atoms with Crippen LogP contribution in [-0.2, 0) is 10.7 Å². The van der Waals surface area contributed by atoms with Crippen molar-refractivity contribution in [3.8, 4) is 0 Å². The van der Waals surface area contributed by atoms with Gasteiger partial charge in [-0.2, -0.15) is 4.37 Å². The van der Waals surface area contributed by atoms with Crippen molar-refractivity contribution < 1.29 is 14.4 Å². The summed E-state index contributed by atoms with van der Waals surface area (Å²) in [6.45, 7) is 0. The molecule has 0 radical (unpaired) electrons. The molecule has 0 saturated heterocycles. The average molecular weight is 179 g/mol. The van der Waals surface area contributed by atoms with Crippen LogP contribution < -0.4 is 0 Å². The Kier molecular flexibility index (Phi) is 2.21. The summed E-state index contributed by atoms with van der Waals surface area (Å²) in [6.07, 6.45) is -0.253. The summed E-state index contributed by atoms with van der Waals surface area (Å²) in [5, 5.41) is 1.69. The van der Waals surface area contributed by atoms with E-state index in [0.717, 1.165) is 0 Å². The van der Waals surface area contributed by atoms with Crippen molar-refractivity contribution in [1.82, 2.24) is 4.37 Å². The van der Waals surface area contributed by atoms with Crippen molar-refractivity contribution >= 4 is 19.1 Å². The highest BCUT2D eigenvalue weighted by Gasteiger charge is 2.14. The summed E-state index contributed by atoms with van der Waals surface area (Å²) in [5.41, 5.74) is 0.457. The van der Waals surface area contributed by atoms with Crippen LogP contribution in [0.15, 0.2) is 11.4 Å². The fraction of sp³-hybridized carbons (Fsp3) is 0.250. The quantitative estimate of drug-likeness (QED) is 0.659. The first-order chi connectivity index (χ1) is 4.58. The monoisotopic (exact) mass is 179 g/mol.